The van der Waals surface area contributed by atoms with Crippen LogP contribution >= 0.6 is 11.3 Å². The van der Waals surface area contributed by atoms with Crippen molar-refractivity contribution in [3.05, 3.63) is 139 Å². The predicted molar refractivity (Wildman–Crippen MR) is 160 cm³/mol. The van der Waals surface area contributed by atoms with Crippen LogP contribution in [0.3, 0.4) is 0 Å². The Hall–Kier alpha value is -4.40. The van der Waals surface area contributed by atoms with Crippen LogP contribution in [0.25, 0.3) is 59.5 Å². The number of nitrogens with zero attached hydrogens (tertiary/aromatic N) is 1. The van der Waals surface area contributed by atoms with E-state index in [1.165, 1.54) is 65.1 Å². The number of aryl methyl sites for hydroxylation is 1. The molecule has 0 amide bonds. The van der Waals surface area contributed by atoms with Gasteiger partial charge in [-0.2, -0.15) is 0 Å². The number of hydrogen-bond donors (Lipinski definition) is 0. The Labute approximate surface area is 220 Å². The van der Waals surface area contributed by atoms with Crippen molar-refractivity contribution in [2.24, 2.45) is 0 Å². The van der Waals surface area contributed by atoms with Crippen LogP contribution < -0.4 is 0 Å². The summed E-state index contributed by atoms with van der Waals surface area (Å²) in [6.45, 7) is 2.14. The number of benzene rings is 5. The summed E-state index contributed by atoms with van der Waals surface area (Å²) < 4.78 is 2.40. The first-order chi connectivity index (χ1) is 18.2. The van der Waals surface area contributed by atoms with Gasteiger partial charge in [0.1, 0.15) is 0 Å². The lowest BCUT2D eigenvalue weighted by molar-refractivity contribution is 1.10. The SMILES string of the molecule is Cc1ccc(-n2c(-c3ccc4ccccc4c3)ccc2-c2ccc(-c3ccc4ccccc4c3)s2)cc1. The molecule has 0 aliphatic heterocycles. The van der Waals surface area contributed by atoms with Crippen LogP contribution in [-0.2, 0) is 0 Å². The number of hydrogen-bond acceptors (Lipinski definition) is 1. The van der Waals surface area contributed by atoms with Crippen molar-refractivity contribution in [3.8, 4) is 38.0 Å². The summed E-state index contributed by atoms with van der Waals surface area (Å²) in [6, 6.07) is 48.5. The van der Waals surface area contributed by atoms with E-state index in [1.54, 1.807) is 0 Å². The lowest BCUT2D eigenvalue weighted by Gasteiger charge is -2.14. The van der Waals surface area contributed by atoms with Crippen molar-refractivity contribution in [1.82, 2.24) is 4.57 Å². The molecule has 0 saturated carbocycles. The van der Waals surface area contributed by atoms with Gasteiger partial charge < -0.3 is 4.57 Å². The molecule has 2 heteroatoms. The Morgan fingerprint density at radius 1 is 0.459 bits per heavy atom. The molecular weight excluding hydrogens is 466 g/mol. The van der Waals surface area contributed by atoms with Gasteiger partial charge in [0.25, 0.3) is 0 Å². The molecule has 0 spiro atoms. The average Bonchev–Trinajstić information content (AvgIpc) is 3.61. The normalized spacial score (nSPS) is 11.4. The minimum absolute atomic E-state index is 1.18. The second kappa shape index (κ2) is 8.92. The fourth-order valence-corrected chi connectivity index (χ4v) is 6.17. The Morgan fingerprint density at radius 3 is 1.73 bits per heavy atom. The van der Waals surface area contributed by atoms with Gasteiger partial charge in [-0.25, -0.2) is 0 Å². The Kier molecular flexibility index (Phi) is 5.27. The van der Waals surface area contributed by atoms with Crippen molar-refractivity contribution >= 4 is 32.9 Å². The van der Waals surface area contributed by atoms with Gasteiger partial charge in [-0.15, -0.1) is 11.3 Å². The summed E-state index contributed by atoms with van der Waals surface area (Å²) in [5, 5.41) is 5.07. The fourth-order valence-electron chi connectivity index (χ4n) is 5.15. The van der Waals surface area contributed by atoms with E-state index >= 15 is 0 Å². The molecule has 0 saturated heterocycles. The number of rotatable bonds is 4. The molecule has 7 rings (SSSR count). The van der Waals surface area contributed by atoms with Crippen LogP contribution in [0, 0.1) is 6.92 Å². The summed E-state index contributed by atoms with van der Waals surface area (Å²) in [4.78, 5) is 2.54. The standard InChI is InChI=1S/C35H25NS/c1-24-10-16-31(17-11-24)36-32(29-14-12-25-6-2-4-8-27(25)22-29)18-19-33(36)35-21-20-34(37-35)30-15-13-26-7-3-5-9-28(26)23-30/h2-23H,1H3. The highest BCUT2D eigenvalue weighted by atomic mass is 32.1. The van der Waals surface area contributed by atoms with Crippen LogP contribution in [0.15, 0.2) is 133 Å². The summed E-state index contributed by atoms with van der Waals surface area (Å²) in [5.41, 5.74) is 7.33. The van der Waals surface area contributed by atoms with Crippen molar-refractivity contribution in [2.45, 2.75) is 6.92 Å². The fraction of sp³-hybridized carbons (Fsp3) is 0.0286. The molecule has 176 valence electrons. The van der Waals surface area contributed by atoms with Gasteiger partial charge in [-0.1, -0.05) is 90.5 Å². The quantitative estimate of drug-likeness (QED) is 0.231. The minimum Gasteiger partial charge on any atom is -0.308 e. The highest BCUT2D eigenvalue weighted by Crippen LogP contribution is 2.39. The number of thiophene rings is 1. The maximum Gasteiger partial charge on any atom is 0.0635 e. The van der Waals surface area contributed by atoms with E-state index in [2.05, 4.69) is 145 Å². The monoisotopic (exact) mass is 491 g/mol. The topological polar surface area (TPSA) is 4.93 Å². The predicted octanol–water partition coefficient (Wildman–Crippen LogP) is 10.2. The van der Waals surface area contributed by atoms with Gasteiger partial charge in [0.2, 0.25) is 0 Å². The maximum absolute atomic E-state index is 2.40. The summed E-state index contributed by atoms with van der Waals surface area (Å²) in [5.74, 6) is 0. The number of fused-ring (bicyclic) bond motifs is 2. The van der Waals surface area contributed by atoms with Crippen LogP contribution in [-0.4, -0.2) is 4.57 Å². The van der Waals surface area contributed by atoms with Gasteiger partial charge >= 0.3 is 0 Å². The maximum atomic E-state index is 2.40. The van der Waals surface area contributed by atoms with Crippen molar-refractivity contribution in [3.63, 3.8) is 0 Å². The van der Waals surface area contributed by atoms with Crippen molar-refractivity contribution in [2.75, 3.05) is 0 Å². The molecule has 5 aromatic carbocycles. The third-order valence-corrected chi connectivity index (χ3v) is 8.27. The molecule has 0 aliphatic rings. The van der Waals surface area contributed by atoms with E-state index in [0.29, 0.717) is 0 Å². The zero-order valence-electron chi connectivity index (χ0n) is 20.6. The number of aromatic nitrogens is 1. The third kappa shape index (κ3) is 3.96. The molecular formula is C35H25NS. The molecule has 0 fully saturated rings. The average molecular weight is 492 g/mol. The molecule has 2 aromatic heterocycles. The molecule has 0 atom stereocenters. The van der Waals surface area contributed by atoms with Gasteiger partial charge in [-0.05, 0) is 88.1 Å². The van der Waals surface area contributed by atoms with Crippen LogP contribution in [0.1, 0.15) is 5.56 Å². The highest BCUT2D eigenvalue weighted by molar-refractivity contribution is 7.18. The molecule has 7 aromatic rings. The Balaban J connectivity index is 1.37. The van der Waals surface area contributed by atoms with Gasteiger partial charge in [-0.3, -0.25) is 0 Å². The van der Waals surface area contributed by atoms with E-state index in [-0.39, 0.29) is 0 Å². The summed E-state index contributed by atoms with van der Waals surface area (Å²) in [6.07, 6.45) is 0. The zero-order valence-corrected chi connectivity index (χ0v) is 21.4. The molecule has 2 heterocycles. The highest BCUT2D eigenvalue weighted by Gasteiger charge is 2.16. The second-order valence-corrected chi connectivity index (χ2v) is 10.6. The van der Waals surface area contributed by atoms with E-state index in [0.717, 1.165) is 0 Å². The van der Waals surface area contributed by atoms with Crippen LogP contribution in [0.4, 0.5) is 0 Å². The molecule has 0 radical (unpaired) electrons. The van der Waals surface area contributed by atoms with Gasteiger partial charge in [0, 0.05) is 10.6 Å². The van der Waals surface area contributed by atoms with Crippen molar-refractivity contribution in [1.29, 1.82) is 0 Å². The van der Waals surface area contributed by atoms with E-state index in [4.69, 9.17) is 0 Å². The molecule has 37 heavy (non-hydrogen) atoms. The second-order valence-electron chi connectivity index (χ2n) is 9.56. The van der Waals surface area contributed by atoms with Gasteiger partial charge in [0.15, 0.2) is 0 Å². The zero-order chi connectivity index (χ0) is 24.8. The first-order valence-corrected chi connectivity index (χ1v) is 13.4. The largest absolute Gasteiger partial charge is 0.308 e. The lowest BCUT2D eigenvalue weighted by Crippen LogP contribution is -1.98. The summed E-state index contributed by atoms with van der Waals surface area (Å²) >= 11 is 1.85. The Morgan fingerprint density at radius 2 is 1.03 bits per heavy atom. The molecule has 0 N–H and O–H groups in total. The van der Waals surface area contributed by atoms with Gasteiger partial charge in [0.05, 0.1) is 16.3 Å². The first kappa shape index (κ1) is 21.8. The molecule has 0 unspecified atom stereocenters. The van der Waals surface area contributed by atoms with Crippen LogP contribution in [0.2, 0.25) is 0 Å². The minimum atomic E-state index is 1.18. The van der Waals surface area contributed by atoms with E-state index in [1.807, 2.05) is 11.3 Å². The third-order valence-electron chi connectivity index (χ3n) is 7.11. The smallest absolute Gasteiger partial charge is 0.0635 e. The first-order valence-electron chi connectivity index (χ1n) is 12.6. The van der Waals surface area contributed by atoms with Crippen molar-refractivity contribution < 1.29 is 0 Å². The van der Waals surface area contributed by atoms with E-state index in [9.17, 15) is 0 Å². The molecule has 1 nitrogen and oxygen atoms in total. The van der Waals surface area contributed by atoms with E-state index < -0.39 is 0 Å². The summed E-state index contributed by atoms with van der Waals surface area (Å²) in [7, 11) is 0. The molecule has 0 aliphatic carbocycles. The molecule has 0 bridgehead atoms. The van der Waals surface area contributed by atoms with Crippen LogP contribution in [0.5, 0.6) is 0 Å². The lowest BCUT2D eigenvalue weighted by atomic mass is 10.0. The Bertz CT molecular complexity index is 1890.